The zero-order chi connectivity index (χ0) is 15.8. The maximum absolute atomic E-state index is 11.8. The number of carbonyl (C=O) groups excluding carboxylic acids is 1. The second-order valence-corrected chi connectivity index (χ2v) is 6.95. The average molecular weight is 330 g/mol. The lowest BCUT2D eigenvalue weighted by atomic mass is 10.1. The Hall–Kier alpha value is -1.99. The van der Waals surface area contributed by atoms with Gasteiger partial charge in [0.15, 0.2) is 0 Å². The van der Waals surface area contributed by atoms with Gasteiger partial charge in [-0.1, -0.05) is 0 Å². The highest BCUT2D eigenvalue weighted by Gasteiger charge is 2.23. The molecule has 2 aromatic heterocycles. The molecule has 4 rings (SSSR count). The summed E-state index contributed by atoms with van der Waals surface area (Å²) in [5, 5.41) is 13.5. The van der Waals surface area contributed by atoms with E-state index in [1.54, 1.807) is 6.20 Å². The van der Waals surface area contributed by atoms with Crippen LogP contribution in [0.1, 0.15) is 28.2 Å². The average Bonchev–Trinajstić information content (AvgIpc) is 3.01. The summed E-state index contributed by atoms with van der Waals surface area (Å²) in [6.45, 7) is 2.22. The Morgan fingerprint density at radius 3 is 3.04 bits per heavy atom. The predicted octanol–water partition coefficient (Wildman–Crippen LogP) is 1.45. The van der Waals surface area contributed by atoms with Crippen LogP contribution in [0.5, 0.6) is 0 Å². The minimum absolute atomic E-state index is 0.0260. The Morgan fingerprint density at radius 2 is 2.30 bits per heavy atom. The van der Waals surface area contributed by atoms with Gasteiger partial charge in [-0.3, -0.25) is 4.79 Å². The maximum Gasteiger partial charge on any atom is 0.263 e. The minimum atomic E-state index is -0.269. The summed E-state index contributed by atoms with van der Waals surface area (Å²) in [5.74, 6) is 0.855. The van der Waals surface area contributed by atoms with E-state index in [1.807, 2.05) is 12.1 Å². The number of hydrogen-bond donors (Lipinski definition) is 2. The lowest BCUT2D eigenvalue weighted by Gasteiger charge is -2.30. The molecule has 6 nitrogen and oxygen atoms in total. The number of anilines is 1. The van der Waals surface area contributed by atoms with Crippen molar-refractivity contribution >= 4 is 23.1 Å². The van der Waals surface area contributed by atoms with Crippen molar-refractivity contribution in [2.24, 2.45) is 0 Å². The fourth-order valence-electron chi connectivity index (χ4n) is 3.06. The van der Waals surface area contributed by atoms with E-state index in [0.717, 1.165) is 52.8 Å². The van der Waals surface area contributed by atoms with Crippen LogP contribution >= 0.6 is 11.3 Å². The summed E-state index contributed by atoms with van der Waals surface area (Å²) in [5.41, 5.74) is 1.82. The number of thiazole rings is 1. The van der Waals surface area contributed by atoms with Crippen molar-refractivity contribution < 1.29 is 9.90 Å². The first-order chi connectivity index (χ1) is 11.2. The number of hydrogen-bond acceptors (Lipinski definition) is 6. The van der Waals surface area contributed by atoms with Crippen LogP contribution in [0.2, 0.25) is 0 Å². The predicted molar refractivity (Wildman–Crippen MR) is 88.8 cm³/mol. The molecule has 1 unspecified atom stereocenters. The highest BCUT2D eigenvalue weighted by molar-refractivity contribution is 7.17. The van der Waals surface area contributed by atoms with Crippen molar-refractivity contribution in [3.05, 3.63) is 28.9 Å². The summed E-state index contributed by atoms with van der Waals surface area (Å²) in [4.78, 5) is 23.8. The van der Waals surface area contributed by atoms with Gasteiger partial charge in [0.05, 0.1) is 11.8 Å². The van der Waals surface area contributed by atoms with Crippen LogP contribution in [0.15, 0.2) is 18.3 Å². The Kier molecular flexibility index (Phi) is 3.74. The number of aromatic nitrogens is 2. The molecule has 2 aliphatic rings. The third kappa shape index (κ3) is 2.82. The van der Waals surface area contributed by atoms with Crippen molar-refractivity contribution in [2.75, 3.05) is 24.5 Å². The van der Waals surface area contributed by atoms with Gasteiger partial charge in [0.2, 0.25) is 0 Å². The monoisotopic (exact) mass is 330 g/mol. The van der Waals surface area contributed by atoms with Gasteiger partial charge in [-0.2, -0.15) is 0 Å². The highest BCUT2D eigenvalue weighted by Crippen LogP contribution is 2.30. The Morgan fingerprint density at radius 1 is 1.39 bits per heavy atom. The van der Waals surface area contributed by atoms with Crippen molar-refractivity contribution in [1.29, 1.82) is 0 Å². The van der Waals surface area contributed by atoms with E-state index < -0.39 is 0 Å². The lowest BCUT2D eigenvalue weighted by Crippen LogP contribution is -2.38. The van der Waals surface area contributed by atoms with Gasteiger partial charge in [-0.05, 0) is 25.0 Å². The first-order valence-electron chi connectivity index (χ1n) is 7.88. The third-order valence-corrected chi connectivity index (χ3v) is 5.41. The molecule has 0 radical (unpaired) electrons. The smallest absolute Gasteiger partial charge is 0.263 e. The van der Waals surface area contributed by atoms with Crippen LogP contribution in [0.25, 0.3) is 10.6 Å². The second kappa shape index (κ2) is 5.90. The summed E-state index contributed by atoms with van der Waals surface area (Å²) in [7, 11) is 0. The molecule has 0 spiro atoms. The molecule has 23 heavy (non-hydrogen) atoms. The Balaban J connectivity index is 1.57. The van der Waals surface area contributed by atoms with E-state index in [2.05, 4.69) is 20.2 Å². The molecule has 0 aliphatic carbocycles. The molecule has 2 N–H and O–H groups in total. The summed E-state index contributed by atoms with van der Waals surface area (Å²) in [6, 6.07) is 3.96. The zero-order valence-electron chi connectivity index (χ0n) is 12.7. The topological polar surface area (TPSA) is 78.4 Å². The SMILES string of the molecule is O=C1NCCc2nc(-c3ccc(N4CCCC(O)C4)nc3)sc21. The molecule has 1 fully saturated rings. The molecule has 2 aliphatic heterocycles. The van der Waals surface area contributed by atoms with E-state index in [9.17, 15) is 9.90 Å². The number of β-amino-alcohol motifs (C(OH)–C–C–N with tert-alkyl or cyclic N) is 1. The molecule has 1 amide bonds. The van der Waals surface area contributed by atoms with Crippen molar-refractivity contribution in [1.82, 2.24) is 15.3 Å². The van der Waals surface area contributed by atoms with Crippen LogP contribution in [0, 0.1) is 0 Å². The maximum atomic E-state index is 11.8. The van der Waals surface area contributed by atoms with Gasteiger partial charge in [0.1, 0.15) is 15.7 Å². The van der Waals surface area contributed by atoms with Gasteiger partial charge < -0.3 is 15.3 Å². The number of aliphatic hydroxyl groups is 1. The first-order valence-corrected chi connectivity index (χ1v) is 8.70. The second-order valence-electron chi connectivity index (χ2n) is 5.95. The first kappa shape index (κ1) is 14.6. The van der Waals surface area contributed by atoms with E-state index >= 15 is 0 Å². The van der Waals surface area contributed by atoms with Gasteiger partial charge in [0.25, 0.3) is 5.91 Å². The van der Waals surface area contributed by atoms with Crippen LogP contribution in [0.3, 0.4) is 0 Å². The number of nitrogens with one attached hydrogen (secondary N) is 1. The van der Waals surface area contributed by atoms with Crippen LogP contribution in [-0.2, 0) is 6.42 Å². The van der Waals surface area contributed by atoms with E-state index in [4.69, 9.17) is 0 Å². The normalized spacial score (nSPS) is 21.0. The molecule has 7 heteroatoms. The number of nitrogens with zero attached hydrogens (tertiary/aromatic N) is 3. The number of fused-ring (bicyclic) bond motifs is 1. The van der Waals surface area contributed by atoms with Gasteiger partial charge >= 0.3 is 0 Å². The van der Waals surface area contributed by atoms with E-state index in [1.165, 1.54) is 11.3 Å². The molecule has 0 aromatic carbocycles. The number of carbonyl (C=O) groups is 1. The van der Waals surface area contributed by atoms with Crippen molar-refractivity contribution in [2.45, 2.75) is 25.4 Å². The fraction of sp³-hybridized carbons (Fsp3) is 0.438. The standard InChI is InChI=1S/C16H18N4O2S/c21-11-2-1-7-20(9-11)13-4-3-10(8-18-13)16-19-12-5-6-17-15(22)14(12)23-16/h3-4,8,11,21H,1-2,5-7,9H2,(H,17,22). The van der Waals surface area contributed by atoms with E-state index in [-0.39, 0.29) is 12.0 Å². The summed E-state index contributed by atoms with van der Waals surface area (Å²) >= 11 is 1.42. The molecule has 2 aromatic rings. The van der Waals surface area contributed by atoms with Crippen LogP contribution in [-0.4, -0.2) is 46.7 Å². The van der Waals surface area contributed by atoms with E-state index in [0.29, 0.717) is 13.1 Å². The number of piperidine rings is 1. The molecular formula is C16H18N4O2S. The van der Waals surface area contributed by atoms with Gasteiger partial charge in [-0.15, -0.1) is 11.3 Å². The zero-order valence-corrected chi connectivity index (χ0v) is 13.5. The van der Waals surface area contributed by atoms with Crippen LogP contribution < -0.4 is 10.2 Å². The molecule has 0 saturated carbocycles. The van der Waals surface area contributed by atoms with Gasteiger partial charge in [-0.25, -0.2) is 9.97 Å². The molecule has 0 bridgehead atoms. The largest absolute Gasteiger partial charge is 0.391 e. The molecule has 120 valence electrons. The number of amides is 1. The number of rotatable bonds is 2. The fourth-order valence-corrected chi connectivity index (χ4v) is 4.08. The highest BCUT2D eigenvalue weighted by atomic mass is 32.1. The Bertz CT molecular complexity index is 728. The number of aliphatic hydroxyl groups excluding tert-OH is 1. The molecule has 1 atom stereocenters. The third-order valence-electron chi connectivity index (χ3n) is 4.27. The van der Waals surface area contributed by atoms with Crippen molar-refractivity contribution in [3.63, 3.8) is 0 Å². The Labute approximate surface area is 138 Å². The molecule has 4 heterocycles. The van der Waals surface area contributed by atoms with Crippen LogP contribution in [0.4, 0.5) is 5.82 Å². The van der Waals surface area contributed by atoms with Gasteiger partial charge in [0, 0.05) is 37.8 Å². The summed E-state index contributed by atoms with van der Waals surface area (Å²) in [6.07, 6.45) is 4.17. The molecular weight excluding hydrogens is 312 g/mol. The minimum Gasteiger partial charge on any atom is -0.391 e. The lowest BCUT2D eigenvalue weighted by molar-refractivity contribution is 0.0950. The summed E-state index contributed by atoms with van der Waals surface area (Å²) < 4.78 is 0. The quantitative estimate of drug-likeness (QED) is 0.871. The number of pyridine rings is 1. The molecule has 1 saturated heterocycles. The van der Waals surface area contributed by atoms with Crippen molar-refractivity contribution in [3.8, 4) is 10.6 Å².